The van der Waals surface area contributed by atoms with Gasteiger partial charge in [-0.1, -0.05) is 13.8 Å². The molecule has 1 saturated heterocycles. The predicted octanol–water partition coefficient (Wildman–Crippen LogP) is 4.68. The Morgan fingerprint density at radius 3 is 2.59 bits per heavy atom. The zero-order valence-corrected chi connectivity index (χ0v) is 20.5. The molecule has 0 aliphatic carbocycles. The van der Waals surface area contributed by atoms with Crippen LogP contribution in [0, 0.1) is 5.82 Å². The first-order valence-corrected chi connectivity index (χ1v) is 12.2. The van der Waals surface area contributed by atoms with Crippen LogP contribution in [0.5, 0.6) is 5.75 Å². The number of halogens is 1. The van der Waals surface area contributed by atoms with Gasteiger partial charge in [-0.05, 0) is 36.2 Å². The molecule has 0 amide bonds. The average molecular weight is 500 g/mol. The number of morpholine rings is 1. The van der Waals surface area contributed by atoms with Crippen LogP contribution in [0.4, 0.5) is 10.1 Å². The smallest absolute Gasteiger partial charge is 0.172 e. The van der Waals surface area contributed by atoms with Gasteiger partial charge in [0.05, 0.1) is 35.7 Å². The molecule has 1 aliphatic heterocycles. The summed E-state index contributed by atoms with van der Waals surface area (Å²) in [6, 6.07) is 12.2. The van der Waals surface area contributed by atoms with E-state index >= 15 is 4.39 Å². The highest BCUT2D eigenvalue weighted by molar-refractivity contribution is 5.89. The van der Waals surface area contributed by atoms with Gasteiger partial charge in [0.1, 0.15) is 11.6 Å². The van der Waals surface area contributed by atoms with Crippen molar-refractivity contribution in [1.29, 1.82) is 0 Å². The SMILES string of the molecule is CC(C)c1[nH]nc2cc(O)c(-c3nnc(-c4cccnc4)n3-c3ccc(N4CCOCC4)c(F)c3)cc12. The lowest BCUT2D eigenvalue weighted by Gasteiger charge is -2.29. The topological polar surface area (TPSA) is 105 Å². The van der Waals surface area contributed by atoms with Crippen LogP contribution in [0.2, 0.25) is 0 Å². The molecule has 4 heterocycles. The Morgan fingerprint density at radius 1 is 1.05 bits per heavy atom. The number of nitrogens with zero attached hydrogens (tertiary/aromatic N) is 6. The number of benzene rings is 2. The number of phenolic OH excluding ortho intramolecular Hbond substituents is 1. The van der Waals surface area contributed by atoms with Gasteiger partial charge in [0.15, 0.2) is 11.6 Å². The van der Waals surface area contributed by atoms with Crippen molar-refractivity contribution in [1.82, 2.24) is 29.9 Å². The van der Waals surface area contributed by atoms with Crippen molar-refractivity contribution in [2.75, 3.05) is 31.2 Å². The molecule has 188 valence electrons. The summed E-state index contributed by atoms with van der Waals surface area (Å²) in [6.45, 7) is 6.53. The van der Waals surface area contributed by atoms with E-state index in [0.29, 0.717) is 66.0 Å². The minimum absolute atomic E-state index is 0.00565. The summed E-state index contributed by atoms with van der Waals surface area (Å²) in [7, 11) is 0. The Kier molecular flexibility index (Phi) is 5.80. The molecule has 2 aromatic carbocycles. The van der Waals surface area contributed by atoms with E-state index in [9.17, 15) is 5.11 Å². The van der Waals surface area contributed by atoms with Crippen molar-refractivity contribution in [3.8, 4) is 34.2 Å². The molecule has 6 rings (SSSR count). The zero-order chi connectivity index (χ0) is 25.5. The van der Waals surface area contributed by atoms with Crippen molar-refractivity contribution in [2.24, 2.45) is 0 Å². The molecule has 9 nitrogen and oxygen atoms in total. The second-order valence-corrected chi connectivity index (χ2v) is 9.34. The molecule has 0 radical (unpaired) electrons. The number of aromatic amines is 1. The van der Waals surface area contributed by atoms with Crippen molar-refractivity contribution in [2.45, 2.75) is 19.8 Å². The van der Waals surface area contributed by atoms with Crippen LogP contribution in [0.1, 0.15) is 25.5 Å². The minimum Gasteiger partial charge on any atom is -0.507 e. The highest BCUT2D eigenvalue weighted by Crippen LogP contribution is 2.38. The third kappa shape index (κ3) is 4.09. The number of rotatable bonds is 5. The maximum absolute atomic E-state index is 15.5. The summed E-state index contributed by atoms with van der Waals surface area (Å²) in [5.74, 6) is 0.719. The third-order valence-electron chi connectivity index (χ3n) is 6.64. The number of H-pyrrole nitrogens is 1. The van der Waals surface area contributed by atoms with Gasteiger partial charge in [-0.25, -0.2) is 4.39 Å². The summed E-state index contributed by atoms with van der Waals surface area (Å²) < 4.78 is 22.6. The average Bonchev–Trinajstić information content (AvgIpc) is 3.53. The standard InChI is InChI=1S/C27H26FN7O2/c1-16(2)25-19-13-20(24(36)14-22(19)30-31-25)27-33-32-26(17-4-3-7-29-15-17)35(27)18-5-6-23(21(28)12-18)34-8-10-37-11-9-34/h3-7,12-16,36H,8-11H2,1-2H3,(H,30,31). The molecule has 0 bridgehead atoms. The molecule has 0 unspecified atom stereocenters. The van der Waals surface area contributed by atoms with Crippen molar-refractivity contribution >= 4 is 16.6 Å². The van der Waals surface area contributed by atoms with E-state index in [1.165, 1.54) is 6.07 Å². The lowest BCUT2D eigenvalue weighted by atomic mass is 10.0. The van der Waals surface area contributed by atoms with Gasteiger partial charge in [-0.3, -0.25) is 14.6 Å². The fraction of sp³-hybridized carbons (Fsp3) is 0.259. The Morgan fingerprint density at radius 2 is 1.86 bits per heavy atom. The molecule has 1 aliphatic rings. The Balaban J connectivity index is 1.54. The number of nitrogens with one attached hydrogen (secondary N) is 1. The lowest BCUT2D eigenvalue weighted by Crippen LogP contribution is -2.36. The van der Waals surface area contributed by atoms with Gasteiger partial charge in [0.2, 0.25) is 0 Å². The minimum atomic E-state index is -0.354. The zero-order valence-electron chi connectivity index (χ0n) is 20.5. The maximum atomic E-state index is 15.5. The van der Waals surface area contributed by atoms with E-state index in [0.717, 1.165) is 11.1 Å². The Bertz CT molecular complexity index is 1570. The van der Waals surface area contributed by atoms with Crippen molar-refractivity contribution in [3.05, 3.63) is 66.4 Å². The summed E-state index contributed by atoms with van der Waals surface area (Å²) in [5, 5.41) is 28.2. The van der Waals surface area contributed by atoms with Gasteiger partial charge in [0, 0.05) is 54.3 Å². The molecule has 3 aromatic heterocycles. The second kappa shape index (κ2) is 9.29. The number of ether oxygens (including phenoxy) is 1. The fourth-order valence-electron chi connectivity index (χ4n) is 4.77. The summed E-state index contributed by atoms with van der Waals surface area (Å²) in [6.07, 6.45) is 3.35. The number of anilines is 1. The maximum Gasteiger partial charge on any atom is 0.172 e. The highest BCUT2D eigenvalue weighted by Gasteiger charge is 2.23. The summed E-state index contributed by atoms with van der Waals surface area (Å²) in [5.41, 5.74) is 3.85. The number of aromatic hydroxyl groups is 1. The largest absolute Gasteiger partial charge is 0.507 e. The molecule has 0 atom stereocenters. The van der Waals surface area contributed by atoms with E-state index in [1.807, 2.05) is 23.1 Å². The quantitative estimate of drug-likeness (QED) is 0.362. The molecule has 2 N–H and O–H groups in total. The van der Waals surface area contributed by atoms with Crippen LogP contribution >= 0.6 is 0 Å². The molecule has 1 fully saturated rings. The molecule has 0 saturated carbocycles. The number of phenols is 1. The lowest BCUT2D eigenvalue weighted by molar-refractivity contribution is 0.122. The first-order valence-electron chi connectivity index (χ1n) is 12.2. The van der Waals surface area contributed by atoms with Crippen LogP contribution in [0.15, 0.2) is 54.9 Å². The van der Waals surface area contributed by atoms with Crippen LogP contribution in [-0.4, -0.2) is 61.4 Å². The number of fused-ring (bicyclic) bond motifs is 1. The van der Waals surface area contributed by atoms with Gasteiger partial charge in [-0.2, -0.15) is 5.10 Å². The molecular weight excluding hydrogens is 473 g/mol. The van der Waals surface area contributed by atoms with E-state index < -0.39 is 0 Å². The Hall–Kier alpha value is -4.31. The fourth-order valence-corrected chi connectivity index (χ4v) is 4.77. The molecular formula is C27H26FN7O2. The highest BCUT2D eigenvalue weighted by atomic mass is 19.1. The first kappa shape index (κ1) is 23.1. The van der Waals surface area contributed by atoms with Crippen molar-refractivity contribution < 1.29 is 14.2 Å². The summed E-state index contributed by atoms with van der Waals surface area (Å²) in [4.78, 5) is 6.19. The van der Waals surface area contributed by atoms with Crippen LogP contribution in [0.25, 0.3) is 39.4 Å². The summed E-state index contributed by atoms with van der Waals surface area (Å²) >= 11 is 0. The van der Waals surface area contributed by atoms with E-state index in [4.69, 9.17) is 4.74 Å². The van der Waals surface area contributed by atoms with E-state index in [2.05, 4.69) is 39.2 Å². The van der Waals surface area contributed by atoms with E-state index in [-0.39, 0.29) is 17.5 Å². The number of hydrogen-bond acceptors (Lipinski definition) is 7. The van der Waals surface area contributed by atoms with Crippen molar-refractivity contribution in [3.63, 3.8) is 0 Å². The molecule has 0 spiro atoms. The predicted molar refractivity (Wildman–Crippen MR) is 138 cm³/mol. The van der Waals surface area contributed by atoms with E-state index in [1.54, 1.807) is 35.2 Å². The molecule has 10 heteroatoms. The molecule has 37 heavy (non-hydrogen) atoms. The van der Waals surface area contributed by atoms with Gasteiger partial charge in [-0.15, -0.1) is 10.2 Å². The van der Waals surface area contributed by atoms with Crippen LogP contribution in [-0.2, 0) is 4.74 Å². The van der Waals surface area contributed by atoms with Gasteiger partial charge in [0.25, 0.3) is 0 Å². The molecule has 5 aromatic rings. The normalized spacial score (nSPS) is 14.1. The number of aromatic nitrogens is 6. The van der Waals surface area contributed by atoms with Gasteiger partial charge < -0.3 is 14.7 Å². The first-order chi connectivity index (χ1) is 18.0. The van der Waals surface area contributed by atoms with Crippen LogP contribution < -0.4 is 4.90 Å². The monoisotopic (exact) mass is 499 g/mol. The number of hydrogen-bond donors (Lipinski definition) is 2. The third-order valence-corrected chi connectivity index (χ3v) is 6.64. The number of pyridine rings is 1. The Labute approximate surface area is 212 Å². The van der Waals surface area contributed by atoms with Gasteiger partial charge >= 0.3 is 0 Å². The van der Waals surface area contributed by atoms with Crippen LogP contribution in [0.3, 0.4) is 0 Å². The second-order valence-electron chi connectivity index (χ2n) is 9.34.